The van der Waals surface area contributed by atoms with Crippen molar-refractivity contribution in [3.63, 3.8) is 0 Å². The first-order valence-corrected chi connectivity index (χ1v) is 17.5. The minimum Gasteiger partial charge on any atom is -0.756 e. The second-order valence-corrected chi connectivity index (χ2v) is 12.9. The topological polar surface area (TPSA) is 111 Å². The second-order valence-electron chi connectivity index (χ2n) is 11.4. The van der Waals surface area contributed by atoms with Crippen molar-refractivity contribution in [2.45, 2.75) is 97.0 Å². The van der Waals surface area contributed by atoms with E-state index in [-0.39, 0.29) is 26.1 Å². The summed E-state index contributed by atoms with van der Waals surface area (Å²) >= 11 is 0. The molecule has 10 heteroatoms. The van der Waals surface area contributed by atoms with E-state index >= 15 is 0 Å². The smallest absolute Gasteiger partial charge is 0.306 e. The van der Waals surface area contributed by atoms with E-state index in [2.05, 4.69) is 67.7 Å². The number of carbonyl (C=O) groups is 2. The molecule has 0 aliphatic rings. The van der Waals surface area contributed by atoms with Gasteiger partial charge in [-0.2, -0.15) is 0 Å². The van der Waals surface area contributed by atoms with E-state index in [1.54, 1.807) is 0 Å². The molecule has 0 bridgehead atoms. The number of quaternary nitrogens is 1. The maximum atomic E-state index is 12.4. The molecular formula is C34H58NO8P. The molecule has 0 aliphatic carbocycles. The molecule has 0 radical (unpaired) electrons. The Morgan fingerprint density at radius 3 is 1.84 bits per heavy atom. The van der Waals surface area contributed by atoms with Crippen LogP contribution in [0.2, 0.25) is 0 Å². The summed E-state index contributed by atoms with van der Waals surface area (Å²) in [5.74, 6) is -0.945. The molecule has 0 amide bonds. The van der Waals surface area contributed by atoms with Gasteiger partial charge in [0.25, 0.3) is 7.82 Å². The van der Waals surface area contributed by atoms with Gasteiger partial charge in [-0.1, -0.05) is 81.0 Å². The van der Waals surface area contributed by atoms with Crippen LogP contribution in [0.4, 0.5) is 0 Å². The Hall–Kier alpha value is -2.29. The number of ether oxygens (including phenoxy) is 2. The average Bonchev–Trinajstić information content (AvgIpc) is 2.95. The largest absolute Gasteiger partial charge is 0.756 e. The maximum absolute atomic E-state index is 12.4. The highest BCUT2D eigenvalue weighted by molar-refractivity contribution is 7.45. The molecule has 2 unspecified atom stereocenters. The summed E-state index contributed by atoms with van der Waals surface area (Å²) in [5, 5.41) is 0. The third-order valence-corrected chi connectivity index (χ3v) is 6.99. The van der Waals surface area contributed by atoms with E-state index in [1.807, 2.05) is 28.1 Å². The van der Waals surface area contributed by atoms with Gasteiger partial charge in [0.15, 0.2) is 6.10 Å². The number of nitrogens with zero attached hydrogens (tertiary/aromatic N) is 1. The van der Waals surface area contributed by atoms with Crippen LogP contribution in [0, 0.1) is 0 Å². The van der Waals surface area contributed by atoms with Crippen molar-refractivity contribution in [2.24, 2.45) is 0 Å². The first kappa shape index (κ1) is 41.7. The number of hydrogen-bond acceptors (Lipinski definition) is 8. The molecule has 0 aliphatic heterocycles. The van der Waals surface area contributed by atoms with E-state index < -0.39 is 32.5 Å². The Morgan fingerprint density at radius 2 is 1.30 bits per heavy atom. The normalized spacial score (nSPS) is 14.8. The quantitative estimate of drug-likeness (QED) is 0.0306. The van der Waals surface area contributed by atoms with Crippen molar-refractivity contribution in [2.75, 3.05) is 47.5 Å². The number of likely N-dealkylation sites (N-methyl/N-ethyl adjacent to an activating group) is 1. The van der Waals surface area contributed by atoms with Gasteiger partial charge in [-0.3, -0.25) is 14.2 Å². The Kier molecular flexibility index (Phi) is 25.6. The van der Waals surface area contributed by atoms with Crippen LogP contribution in [0.25, 0.3) is 0 Å². The Bertz CT molecular complexity index is 949. The van der Waals surface area contributed by atoms with E-state index in [4.69, 9.17) is 18.5 Å². The molecule has 0 spiro atoms. The van der Waals surface area contributed by atoms with Crippen LogP contribution in [0.1, 0.15) is 90.9 Å². The van der Waals surface area contributed by atoms with Crippen molar-refractivity contribution in [3.05, 3.63) is 60.8 Å². The zero-order chi connectivity index (χ0) is 32.9. The minimum atomic E-state index is -4.60. The number of allylic oxidation sites excluding steroid dienone is 10. The van der Waals surface area contributed by atoms with Crippen molar-refractivity contribution in [1.29, 1.82) is 0 Å². The third kappa shape index (κ3) is 29.8. The Labute approximate surface area is 266 Å². The lowest BCUT2D eigenvalue weighted by Gasteiger charge is -2.28. The van der Waals surface area contributed by atoms with Gasteiger partial charge in [0.2, 0.25) is 0 Å². The monoisotopic (exact) mass is 639 g/mol. The summed E-state index contributed by atoms with van der Waals surface area (Å²) in [4.78, 5) is 36.3. The molecule has 252 valence electrons. The first-order valence-electron chi connectivity index (χ1n) is 16.0. The number of esters is 2. The van der Waals surface area contributed by atoms with E-state index in [0.717, 1.165) is 51.4 Å². The average molecular weight is 640 g/mol. The van der Waals surface area contributed by atoms with Crippen LogP contribution in [0.5, 0.6) is 0 Å². The van der Waals surface area contributed by atoms with Gasteiger partial charge >= 0.3 is 11.9 Å². The van der Waals surface area contributed by atoms with Gasteiger partial charge in [0.05, 0.1) is 27.7 Å². The van der Waals surface area contributed by atoms with Crippen molar-refractivity contribution < 1.29 is 42.1 Å². The summed E-state index contributed by atoms with van der Waals surface area (Å²) in [7, 11) is 1.12. The lowest BCUT2D eigenvalue weighted by Crippen LogP contribution is -2.37. The predicted octanol–water partition coefficient (Wildman–Crippen LogP) is 7.15. The zero-order valence-corrected chi connectivity index (χ0v) is 28.7. The second kappa shape index (κ2) is 27.1. The summed E-state index contributed by atoms with van der Waals surface area (Å²) in [6.45, 7) is 3.63. The number of unbranched alkanes of at least 4 members (excludes halogenated alkanes) is 3. The molecule has 2 atom stereocenters. The fraction of sp³-hybridized carbons (Fsp3) is 0.647. The molecule has 0 rings (SSSR count). The number of phosphoric acid groups is 1. The standard InChI is InChI=1S/C34H58NO8P/c1-6-8-9-10-11-12-13-14-15-16-17-18-19-20-21-22-23-24-25-27-34(37)43-32(30-40-33(36)26-7-2)31-42-44(38,39)41-29-28-35(3,4)5/h8-9,11-12,14-15,17-18,20-21,32H,6-7,10,13,16,19,22-31H2,1-5H3/b9-8-,12-11-,15-14-,18-17-,21-20-. The van der Waals surface area contributed by atoms with Gasteiger partial charge in [0, 0.05) is 12.8 Å². The number of hydrogen-bond donors (Lipinski definition) is 0. The molecule has 0 N–H and O–H groups in total. The minimum absolute atomic E-state index is 0.0418. The highest BCUT2D eigenvalue weighted by Gasteiger charge is 2.21. The van der Waals surface area contributed by atoms with Crippen LogP contribution >= 0.6 is 7.82 Å². The predicted molar refractivity (Wildman–Crippen MR) is 176 cm³/mol. The number of phosphoric ester groups is 1. The number of carbonyl (C=O) groups excluding carboxylic acids is 2. The molecule has 0 saturated heterocycles. The zero-order valence-electron chi connectivity index (χ0n) is 27.8. The fourth-order valence-corrected chi connectivity index (χ4v) is 4.27. The summed E-state index contributed by atoms with van der Waals surface area (Å²) in [5.41, 5.74) is 0. The summed E-state index contributed by atoms with van der Waals surface area (Å²) < 4.78 is 33.0. The Morgan fingerprint density at radius 1 is 0.727 bits per heavy atom. The van der Waals surface area contributed by atoms with Crippen LogP contribution in [0.15, 0.2) is 60.8 Å². The molecule has 44 heavy (non-hydrogen) atoms. The molecule has 0 aromatic carbocycles. The Balaban J connectivity index is 4.26. The van der Waals surface area contributed by atoms with Crippen LogP contribution in [-0.2, 0) is 32.7 Å². The third-order valence-electron chi connectivity index (χ3n) is 6.02. The fourth-order valence-electron chi connectivity index (χ4n) is 3.54. The van der Waals surface area contributed by atoms with Gasteiger partial charge in [-0.05, 0) is 57.8 Å². The van der Waals surface area contributed by atoms with E-state index in [0.29, 0.717) is 23.9 Å². The highest BCUT2D eigenvalue weighted by Crippen LogP contribution is 2.38. The lowest BCUT2D eigenvalue weighted by atomic mass is 10.1. The molecule has 0 heterocycles. The summed E-state index contributed by atoms with van der Waals surface area (Å²) in [6.07, 6.45) is 29.9. The molecule has 0 aromatic rings. The van der Waals surface area contributed by atoms with Crippen LogP contribution in [0.3, 0.4) is 0 Å². The van der Waals surface area contributed by atoms with Crippen LogP contribution in [-0.4, -0.2) is 70.0 Å². The van der Waals surface area contributed by atoms with Gasteiger partial charge in [0.1, 0.15) is 19.8 Å². The number of rotatable bonds is 27. The molecule has 0 aromatic heterocycles. The van der Waals surface area contributed by atoms with Crippen molar-refractivity contribution in [3.8, 4) is 0 Å². The summed E-state index contributed by atoms with van der Waals surface area (Å²) in [6, 6.07) is 0. The molecule has 0 fully saturated rings. The van der Waals surface area contributed by atoms with Crippen molar-refractivity contribution in [1.82, 2.24) is 0 Å². The van der Waals surface area contributed by atoms with Gasteiger partial charge in [-0.25, -0.2) is 0 Å². The van der Waals surface area contributed by atoms with Gasteiger partial charge < -0.3 is 27.9 Å². The van der Waals surface area contributed by atoms with E-state index in [1.165, 1.54) is 0 Å². The highest BCUT2D eigenvalue weighted by atomic mass is 31.2. The van der Waals surface area contributed by atoms with E-state index in [9.17, 15) is 19.0 Å². The maximum Gasteiger partial charge on any atom is 0.306 e. The first-order chi connectivity index (χ1) is 21.0. The van der Waals surface area contributed by atoms with Gasteiger partial charge in [-0.15, -0.1) is 0 Å². The molecular weight excluding hydrogens is 581 g/mol. The van der Waals surface area contributed by atoms with Crippen molar-refractivity contribution >= 4 is 19.8 Å². The SMILES string of the molecule is CC/C=C\C/C=C\C/C=C\C/C=C\C/C=C\CCCCCC(=O)OC(COC(=O)CCC)COP(=O)([O-])OCC[N+](C)(C)C. The lowest BCUT2D eigenvalue weighted by molar-refractivity contribution is -0.870. The van der Waals surface area contributed by atoms with Crippen LogP contribution < -0.4 is 4.89 Å². The molecule has 9 nitrogen and oxygen atoms in total. The molecule has 0 saturated carbocycles.